The second-order valence-corrected chi connectivity index (χ2v) is 10.6. The fraction of sp³-hybridized carbons (Fsp3) is 0.458. The molecular formula is C24H31FN6O2S. The number of sulfonamides is 1. The van der Waals surface area contributed by atoms with Crippen LogP contribution in [0.4, 0.5) is 15.8 Å². The molecule has 0 spiro atoms. The summed E-state index contributed by atoms with van der Waals surface area (Å²) in [6, 6.07) is 8.53. The zero-order valence-electron chi connectivity index (χ0n) is 19.6. The number of hydrogen-bond donors (Lipinski definition) is 1. The number of aromatic nitrogens is 4. The van der Waals surface area contributed by atoms with Crippen molar-refractivity contribution in [2.24, 2.45) is 7.05 Å². The van der Waals surface area contributed by atoms with E-state index >= 15 is 0 Å². The van der Waals surface area contributed by atoms with Gasteiger partial charge in [0.25, 0.3) is 0 Å². The Bertz CT molecular complexity index is 1200. The Morgan fingerprint density at radius 2 is 1.94 bits per heavy atom. The van der Waals surface area contributed by atoms with Gasteiger partial charge in [-0.15, -0.1) is 10.2 Å². The maximum Gasteiger partial charge on any atom is 0.232 e. The maximum atomic E-state index is 13.5. The summed E-state index contributed by atoms with van der Waals surface area (Å²) in [5.74, 6) is 0.782. The van der Waals surface area contributed by atoms with E-state index in [-0.39, 0.29) is 11.7 Å². The van der Waals surface area contributed by atoms with E-state index in [9.17, 15) is 12.8 Å². The van der Waals surface area contributed by atoms with Gasteiger partial charge in [0.05, 0.1) is 17.1 Å². The van der Waals surface area contributed by atoms with Crippen molar-refractivity contribution in [1.82, 2.24) is 19.7 Å². The molecule has 34 heavy (non-hydrogen) atoms. The Morgan fingerprint density at radius 1 is 1.15 bits per heavy atom. The number of anilines is 2. The topological polar surface area (TPSA) is 93.0 Å². The maximum absolute atomic E-state index is 13.5. The van der Waals surface area contributed by atoms with Gasteiger partial charge in [0.2, 0.25) is 16.0 Å². The lowest BCUT2D eigenvalue weighted by molar-refractivity contribution is 0.474. The summed E-state index contributed by atoms with van der Waals surface area (Å²) in [5, 5.41) is 8.28. The molecular weight excluding hydrogens is 455 g/mol. The number of unbranched alkanes of at least 4 members (excludes halogenated alkanes) is 2. The molecule has 0 radical (unpaired) electrons. The predicted molar refractivity (Wildman–Crippen MR) is 132 cm³/mol. The van der Waals surface area contributed by atoms with Crippen molar-refractivity contribution in [3.05, 3.63) is 54.6 Å². The van der Waals surface area contributed by atoms with E-state index in [2.05, 4.69) is 24.8 Å². The zero-order chi connectivity index (χ0) is 24.1. The lowest BCUT2D eigenvalue weighted by Crippen LogP contribution is -2.34. The highest BCUT2D eigenvalue weighted by atomic mass is 32.2. The summed E-state index contributed by atoms with van der Waals surface area (Å²) in [5.41, 5.74) is 2.89. The van der Waals surface area contributed by atoms with E-state index in [0.29, 0.717) is 12.1 Å². The molecule has 182 valence electrons. The molecule has 3 heterocycles. The number of halogens is 1. The van der Waals surface area contributed by atoms with E-state index in [0.717, 1.165) is 61.4 Å². The Hall–Kier alpha value is -3.01. The Labute approximate surface area is 200 Å². The molecule has 1 aliphatic heterocycles. The van der Waals surface area contributed by atoms with Gasteiger partial charge in [-0.05, 0) is 37.5 Å². The molecule has 2 aromatic heterocycles. The fourth-order valence-electron chi connectivity index (χ4n) is 4.52. The Morgan fingerprint density at radius 3 is 2.59 bits per heavy atom. The van der Waals surface area contributed by atoms with Gasteiger partial charge in [-0.2, -0.15) is 4.39 Å². The van der Waals surface area contributed by atoms with Gasteiger partial charge in [-0.3, -0.25) is 4.72 Å². The molecule has 0 saturated carbocycles. The van der Waals surface area contributed by atoms with E-state index < -0.39 is 16.0 Å². The summed E-state index contributed by atoms with van der Waals surface area (Å²) < 4.78 is 43.9. The van der Waals surface area contributed by atoms with Crippen molar-refractivity contribution >= 4 is 21.4 Å². The summed E-state index contributed by atoms with van der Waals surface area (Å²) in [6.45, 7) is 3.50. The number of nitrogens with zero attached hydrogens (tertiary/aromatic N) is 5. The van der Waals surface area contributed by atoms with Gasteiger partial charge in [0, 0.05) is 43.4 Å². The van der Waals surface area contributed by atoms with E-state index in [4.69, 9.17) is 0 Å². The summed E-state index contributed by atoms with van der Waals surface area (Å²) >= 11 is 0. The lowest BCUT2D eigenvalue weighted by Gasteiger charge is -2.35. The van der Waals surface area contributed by atoms with Crippen LogP contribution in [-0.2, 0) is 17.1 Å². The van der Waals surface area contributed by atoms with Crippen LogP contribution in [0, 0.1) is 5.95 Å². The van der Waals surface area contributed by atoms with Crippen molar-refractivity contribution in [2.45, 2.75) is 44.9 Å². The molecule has 10 heteroatoms. The first kappa shape index (κ1) is 24.1. The highest BCUT2D eigenvalue weighted by Crippen LogP contribution is 2.40. The summed E-state index contributed by atoms with van der Waals surface area (Å²) in [6.07, 6.45) is 7.37. The highest BCUT2D eigenvalue weighted by molar-refractivity contribution is 7.92. The van der Waals surface area contributed by atoms with E-state index in [1.165, 1.54) is 12.3 Å². The van der Waals surface area contributed by atoms with Crippen LogP contribution in [0.5, 0.6) is 0 Å². The molecule has 0 bridgehead atoms. The minimum absolute atomic E-state index is 0.0802. The molecule has 1 saturated heterocycles. The van der Waals surface area contributed by atoms with Gasteiger partial charge in [-0.1, -0.05) is 31.9 Å². The molecule has 0 unspecified atom stereocenters. The molecule has 3 aromatic rings. The Kier molecular flexibility index (Phi) is 7.45. The molecule has 1 N–H and O–H groups in total. The number of pyridine rings is 1. The molecule has 1 fully saturated rings. The van der Waals surface area contributed by atoms with Crippen LogP contribution in [0.25, 0.3) is 11.1 Å². The Balaban J connectivity index is 1.65. The second kappa shape index (κ2) is 10.5. The fourth-order valence-corrected chi connectivity index (χ4v) is 5.70. The molecule has 0 aliphatic carbocycles. The van der Waals surface area contributed by atoms with Crippen molar-refractivity contribution in [1.29, 1.82) is 0 Å². The lowest BCUT2D eigenvalue weighted by atomic mass is 9.94. The molecule has 0 atom stereocenters. The van der Waals surface area contributed by atoms with E-state index in [1.807, 2.05) is 30.7 Å². The first-order valence-corrected chi connectivity index (χ1v) is 13.4. The average Bonchev–Trinajstić information content (AvgIpc) is 3.25. The third kappa shape index (κ3) is 5.55. The van der Waals surface area contributed by atoms with Gasteiger partial charge in [-0.25, -0.2) is 13.4 Å². The second-order valence-electron chi connectivity index (χ2n) is 8.76. The van der Waals surface area contributed by atoms with Crippen molar-refractivity contribution in [3.63, 3.8) is 0 Å². The van der Waals surface area contributed by atoms with Crippen LogP contribution in [0.2, 0.25) is 0 Å². The zero-order valence-corrected chi connectivity index (χ0v) is 20.4. The monoisotopic (exact) mass is 486 g/mol. The highest BCUT2D eigenvalue weighted by Gasteiger charge is 2.27. The van der Waals surface area contributed by atoms with Gasteiger partial charge in [0.1, 0.15) is 12.2 Å². The largest absolute Gasteiger partial charge is 0.369 e. The van der Waals surface area contributed by atoms with E-state index in [1.54, 1.807) is 18.5 Å². The van der Waals surface area contributed by atoms with Gasteiger partial charge < -0.3 is 9.47 Å². The number of para-hydroxylation sites is 1. The van der Waals surface area contributed by atoms with Crippen LogP contribution in [0.15, 0.2) is 42.9 Å². The minimum Gasteiger partial charge on any atom is -0.369 e. The number of benzene rings is 1. The molecule has 4 rings (SSSR count). The summed E-state index contributed by atoms with van der Waals surface area (Å²) in [4.78, 5) is 6.01. The normalized spacial score (nSPS) is 15.0. The SMILES string of the molecule is CCCCCS(=O)(=O)Nc1cccc(-c2ccc(F)nc2)c1N1CCC(c2nncn2C)CC1. The standard InChI is InChI=1S/C24H31FN6O2S/c1-3-4-5-15-34(32,33)29-21-8-6-7-20(19-9-10-22(25)26-16-19)23(21)31-13-11-18(12-14-31)24-28-27-17-30(24)2/h6-10,16-18,29H,3-5,11-15H2,1-2H3. The molecule has 0 amide bonds. The number of nitrogens with one attached hydrogen (secondary N) is 1. The first-order valence-electron chi connectivity index (χ1n) is 11.7. The minimum atomic E-state index is -3.50. The van der Waals surface area contributed by atoms with Gasteiger partial charge >= 0.3 is 0 Å². The summed E-state index contributed by atoms with van der Waals surface area (Å²) in [7, 11) is -1.55. The van der Waals surface area contributed by atoms with Crippen molar-refractivity contribution < 1.29 is 12.8 Å². The molecule has 1 aromatic carbocycles. The molecule has 8 nitrogen and oxygen atoms in total. The number of rotatable bonds is 9. The van der Waals surface area contributed by atoms with Crippen molar-refractivity contribution in [3.8, 4) is 11.1 Å². The van der Waals surface area contributed by atoms with Crippen LogP contribution in [0.3, 0.4) is 0 Å². The van der Waals surface area contributed by atoms with Crippen LogP contribution < -0.4 is 9.62 Å². The van der Waals surface area contributed by atoms with Crippen LogP contribution in [0.1, 0.15) is 50.8 Å². The number of hydrogen-bond acceptors (Lipinski definition) is 6. The quantitative estimate of drug-likeness (QED) is 0.357. The number of aryl methyl sites for hydroxylation is 1. The smallest absolute Gasteiger partial charge is 0.232 e. The average molecular weight is 487 g/mol. The third-order valence-electron chi connectivity index (χ3n) is 6.28. The predicted octanol–water partition coefficient (Wildman–Crippen LogP) is 4.33. The van der Waals surface area contributed by atoms with Crippen LogP contribution in [-0.4, -0.2) is 47.0 Å². The molecule has 1 aliphatic rings. The van der Waals surface area contributed by atoms with Crippen molar-refractivity contribution in [2.75, 3.05) is 28.5 Å². The van der Waals surface area contributed by atoms with Gasteiger partial charge in [0.15, 0.2) is 0 Å². The van der Waals surface area contributed by atoms with Crippen LogP contribution >= 0.6 is 0 Å². The third-order valence-corrected chi connectivity index (χ3v) is 7.64. The first-order chi connectivity index (χ1) is 16.4. The number of piperidine rings is 1.